The summed E-state index contributed by atoms with van der Waals surface area (Å²) < 4.78 is 6.70. The molecule has 1 heterocycles. The van der Waals surface area contributed by atoms with Gasteiger partial charge in [0, 0.05) is 39.1 Å². The predicted molar refractivity (Wildman–Crippen MR) is 67.6 cm³/mol. The van der Waals surface area contributed by atoms with E-state index in [2.05, 4.69) is 4.98 Å². The number of hydrogen-bond acceptors (Lipinski definition) is 4. The fraction of sp³-hybridized carbons (Fsp3) is 0.583. The van der Waals surface area contributed by atoms with Crippen molar-refractivity contribution in [2.75, 3.05) is 26.8 Å². The monoisotopic (exact) mass is 269 g/mol. The lowest BCUT2D eigenvalue weighted by molar-refractivity contribution is -0.139. The maximum Gasteiger partial charge on any atom is 0.305 e. The molecule has 0 bridgehead atoms. The van der Waals surface area contributed by atoms with Gasteiger partial charge in [-0.25, -0.2) is 4.98 Å². The van der Waals surface area contributed by atoms with E-state index in [0.717, 1.165) is 13.0 Å². The summed E-state index contributed by atoms with van der Waals surface area (Å²) in [6.45, 7) is 1.43. The number of nitrogens with zero attached hydrogens (tertiary/aromatic N) is 3. The van der Waals surface area contributed by atoms with Crippen LogP contribution in [0.15, 0.2) is 18.7 Å². The summed E-state index contributed by atoms with van der Waals surface area (Å²) >= 11 is 0. The lowest BCUT2D eigenvalue weighted by atomic mass is 10.3. The summed E-state index contributed by atoms with van der Waals surface area (Å²) in [5, 5.41) is 8.67. The summed E-state index contributed by atoms with van der Waals surface area (Å²) in [7, 11) is 1.44. The van der Waals surface area contributed by atoms with E-state index in [-0.39, 0.29) is 25.5 Å². The fourth-order valence-electron chi connectivity index (χ4n) is 1.67. The molecule has 0 saturated carbocycles. The van der Waals surface area contributed by atoms with Gasteiger partial charge in [0.2, 0.25) is 5.91 Å². The van der Waals surface area contributed by atoms with Crippen molar-refractivity contribution in [2.24, 2.45) is 0 Å². The molecule has 0 aliphatic rings. The van der Waals surface area contributed by atoms with Crippen LogP contribution in [-0.4, -0.2) is 58.2 Å². The highest BCUT2D eigenvalue weighted by molar-refractivity contribution is 5.78. The third kappa shape index (κ3) is 6.01. The minimum atomic E-state index is -0.912. The van der Waals surface area contributed by atoms with Gasteiger partial charge in [0.1, 0.15) is 6.61 Å². The van der Waals surface area contributed by atoms with Gasteiger partial charge < -0.3 is 19.3 Å². The molecule has 1 amide bonds. The Bertz CT molecular complexity index is 392. The zero-order valence-electron chi connectivity index (χ0n) is 11.0. The van der Waals surface area contributed by atoms with Gasteiger partial charge in [-0.15, -0.1) is 0 Å². The van der Waals surface area contributed by atoms with Crippen LogP contribution in [-0.2, 0) is 20.9 Å². The lowest BCUT2D eigenvalue weighted by Crippen LogP contribution is -2.36. The Kier molecular flexibility index (Phi) is 6.59. The number of methoxy groups -OCH3 is 1. The van der Waals surface area contributed by atoms with E-state index in [4.69, 9.17) is 9.84 Å². The third-order valence-electron chi connectivity index (χ3n) is 2.62. The zero-order valence-corrected chi connectivity index (χ0v) is 11.0. The molecule has 0 saturated heterocycles. The van der Waals surface area contributed by atoms with Crippen molar-refractivity contribution in [1.82, 2.24) is 14.5 Å². The molecule has 19 heavy (non-hydrogen) atoms. The molecule has 0 aliphatic carbocycles. The highest BCUT2D eigenvalue weighted by atomic mass is 16.5. The van der Waals surface area contributed by atoms with E-state index in [0.29, 0.717) is 6.54 Å². The van der Waals surface area contributed by atoms with Crippen LogP contribution in [0.25, 0.3) is 0 Å². The van der Waals surface area contributed by atoms with E-state index >= 15 is 0 Å². The summed E-state index contributed by atoms with van der Waals surface area (Å²) in [5.41, 5.74) is 0. The molecule has 1 rings (SSSR count). The molecule has 0 fully saturated rings. The van der Waals surface area contributed by atoms with Crippen molar-refractivity contribution in [3.8, 4) is 0 Å². The van der Waals surface area contributed by atoms with Crippen molar-refractivity contribution in [2.45, 2.75) is 19.4 Å². The number of carbonyl (C=O) groups excluding carboxylic acids is 1. The van der Waals surface area contributed by atoms with E-state index in [1.54, 1.807) is 12.5 Å². The summed E-state index contributed by atoms with van der Waals surface area (Å²) in [5.74, 6) is -1.10. The Hall–Kier alpha value is -1.89. The Morgan fingerprint density at radius 3 is 2.79 bits per heavy atom. The van der Waals surface area contributed by atoms with Crippen LogP contribution < -0.4 is 0 Å². The van der Waals surface area contributed by atoms with Crippen LogP contribution in [0, 0.1) is 0 Å². The van der Waals surface area contributed by atoms with Crippen molar-refractivity contribution in [3.63, 3.8) is 0 Å². The number of imidazole rings is 1. The smallest absolute Gasteiger partial charge is 0.305 e. The van der Waals surface area contributed by atoms with E-state index in [1.165, 1.54) is 12.0 Å². The van der Waals surface area contributed by atoms with Crippen LogP contribution >= 0.6 is 0 Å². The zero-order chi connectivity index (χ0) is 14.1. The molecule has 0 spiro atoms. The number of aryl methyl sites for hydroxylation is 1. The number of aliphatic carboxylic acids is 1. The number of amides is 1. The van der Waals surface area contributed by atoms with Gasteiger partial charge >= 0.3 is 5.97 Å². The Morgan fingerprint density at radius 2 is 2.21 bits per heavy atom. The molecular weight excluding hydrogens is 250 g/mol. The molecule has 1 aromatic heterocycles. The molecule has 0 atom stereocenters. The number of rotatable bonds is 9. The second-order valence-electron chi connectivity index (χ2n) is 4.11. The molecule has 1 N–H and O–H groups in total. The quantitative estimate of drug-likeness (QED) is 0.693. The lowest BCUT2D eigenvalue weighted by Gasteiger charge is -2.21. The Balaban J connectivity index is 2.38. The van der Waals surface area contributed by atoms with Crippen molar-refractivity contribution in [3.05, 3.63) is 18.7 Å². The van der Waals surface area contributed by atoms with Crippen LogP contribution in [0.1, 0.15) is 12.8 Å². The van der Waals surface area contributed by atoms with Gasteiger partial charge in [-0.2, -0.15) is 0 Å². The summed E-state index contributed by atoms with van der Waals surface area (Å²) in [4.78, 5) is 27.8. The number of ether oxygens (including phenoxy) is 1. The van der Waals surface area contributed by atoms with E-state index < -0.39 is 5.97 Å². The molecule has 106 valence electrons. The van der Waals surface area contributed by atoms with Gasteiger partial charge in [-0.3, -0.25) is 9.59 Å². The Labute approximate surface area is 111 Å². The first-order chi connectivity index (χ1) is 9.13. The average molecular weight is 269 g/mol. The SMILES string of the molecule is COCC(=O)N(CCCn1ccnc1)CCC(=O)O. The van der Waals surface area contributed by atoms with Crippen molar-refractivity contribution >= 4 is 11.9 Å². The molecule has 1 aromatic rings. The highest BCUT2D eigenvalue weighted by Gasteiger charge is 2.14. The third-order valence-corrected chi connectivity index (χ3v) is 2.62. The van der Waals surface area contributed by atoms with Gasteiger partial charge in [0.05, 0.1) is 12.7 Å². The molecule has 7 heteroatoms. The number of carbonyl (C=O) groups is 2. The van der Waals surface area contributed by atoms with Gasteiger partial charge in [-0.1, -0.05) is 0 Å². The van der Waals surface area contributed by atoms with Crippen LogP contribution in [0.3, 0.4) is 0 Å². The minimum Gasteiger partial charge on any atom is -0.481 e. The normalized spacial score (nSPS) is 10.4. The second-order valence-corrected chi connectivity index (χ2v) is 4.11. The first kappa shape index (κ1) is 15.2. The Morgan fingerprint density at radius 1 is 1.42 bits per heavy atom. The molecular formula is C12H19N3O4. The second kappa shape index (κ2) is 8.25. The molecule has 0 aliphatic heterocycles. The molecule has 7 nitrogen and oxygen atoms in total. The molecule has 0 unspecified atom stereocenters. The van der Waals surface area contributed by atoms with E-state index in [1.807, 2.05) is 10.8 Å². The largest absolute Gasteiger partial charge is 0.481 e. The highest BCUT2D eigenvalue weighted by Crippen LogP contribution is 1.99. The first-order valence-corrected chi connectivity index (χ1v) is 6.07. The number of carboxylic acid groups (broad SMARTS) is 1. The predicted octanol–water partition coefficient (Wildman–Crippen LogP) is 0.223. The van der Waals surface area contributed by atoms with Crippen LogP contribution in [0.2, 0.25) is 0 Å². The maximum atomic E-state index is 11.7. The average Bonchev–Trinajstić information content (AvgIpc) is 2.86. The number of aromatic nitrogens is 2. The summed E-state index contributed by atoms with van der Waals surface area (Å²) in [6.07, 6.45) is 5.93. The summed E-state index contributed by atoms with van der Waals surface area (Å²) in [6, 6.07) is 0. The fourth-order valence-corrected chi connectivity index (χ4v) is 1.67. The van der Waals surface area contributed by atoms with Crippen LogP contribution in [0.4, 0.5) is 0 Å². The van der Waals surface area contributed by atoms with Crippen molar-refractivity contribution in [1.29, 1.82) is 0 Å². The molecule has 0 aromatic carbocycles. The van der Waals surface area contributed by atoms with Crippen LogP contribution in [0.5, 0.6) is 0 Å². The number of carboxylic acids is 1. The first-order valence-electron chi connectivity index (χ1n) is 6.07. The van der Waals surface area contributed by atoms with Gasteiger partial charge in [0.15, 0.2) is 0 Å². The standard InChI is InChI=1S/C12H19N3O4/c1-19-9-11(16)15(7-3-12(17)18)6-2-5-14-8-4-13-10-14/h4,8,10H,2-3,5-7,9H2,1H3,(H,17,18). The maximum absolute atomic E-state index is 11.7. The topological polar surface area (TPSA) is 84.7 Å². The van der Waals surface area contributed by atoms with E-state index in [9.17, 15) is 9.59 Å². The minimum absolute atomic E-state index is 0.0231. The van der Waals surface area contributed by atoms with Crippen molar-refractivity contribution < 1.29 is 19.4 Å². The van der Waals surface area contributed by atoms with Gasteiger partial charge in [0.25, 0.3) is 0 Å². The molecule has 0 radical (unpaired) electrons. The number of hydrogen-bond donors (Lipinski definition) is 1. The van der Waals surface area contributed by atoms with Gasteiger partial charge in [-0.05, 0) is 6.42 Å².